The summed E-state index contributed by atoms with van der Waals surface area (Å²) in [6.45, 7) is 4.34. The van der Waals surface area contributed by atoms with Crippen molar-refractivity contribution in [3.63, 3.8) is 0 Å². The summed E-state index contributed by atoms with van der Waals surface area (Å²) in [6.07, 6.45) is 1.03. The SMILES string of the molecule is CCC(=O)C(C)Oc1ccc(CCOC)cc1. The molecule has 0 aromatic heterocycles. The third kappa shape index (κ3) is 4.57. The fraction of sp³-hybridized carbons (Fsp3) is 0.500. The lowest BCUT2D eigenvalue weighted by Crippen LogP contribution is -2.22. The van der Waals surface area contributed by atoms with Crippen LogP contribution >= 0.6 is 0 Å². The Morgan fingerprint density at radius 1 is 1.29 bits per heavy atom. The Morgan fingerprint density at radius 3 is 2.47 bits per heavy atom. The first kappa shape index (κ1) is 13.7. The Bertz CT molecular complexity index is 343. The predicted molar refractivity (Wildman–Crippen MR) is 67.4 cm³/mol. The minimum atomic E-state index is -0.371. The summed E-state index contributed by atoms with van der Waals surface area (Å²) in [6, 6.07) is 7.78. The van der Waals surface area contributed by atoms with Crippen molar-refractivity contribution in [3.8, 4) is 5.75 Å². The number of hydrogen-bond acceptors (Lipinski definition) is 3. The van der Waals surface area contributed by atoms with Crippen molar-refractivity contribution in [1.82, 2.24) is 0 Å². The molecule has 0 radical (unpaired) electrons. The normalized spacial score (nSPS) is 12.2. The molecule has 0 aliphatic heterocycles. The number of carbonyl (C=O) groups is 1. The molecule has 1 unspecified atom stereocenters. The average molecular weight is 236 g/mol. The molecule has 0 saturated heterocycles. The van der Waals surface area contributed by atoms with Crippen molar-refractivity contribution >= 4 is 5.78 Å². The molecule has 1 rings (SSSR count). The summed E-state index contributed by atoms with van der Waals surface area (Å²) in [5.41, 5.74) is 1.20. The van der Waals surface area contributed by atoms with E-state index >= 15 is 0 Å². The van der Waals surface area contributed by atoms with Crippen molar-refractivity contribution in [3.05, 3.63) is 29.8 Å². The van der Waals surface area contributed by atoms with Crippen molar-refractivity contribution in [2.24, 2.45) is 0 Å². The molecule has 94 valence electrons. The quantitative estimate of drug-likeness (QED) is 0.730. The Kier molecular flexibility index (Phi) is 5.70. The Morgan fingerprint density at radius 2 is 1.94 bits per heavy atom. The Hall–Kier alpha value is -1.35. The van der Waals surface area contributed by atoms with Gasteiger partial charge in [-0.25, -0.2) is 0 Å². The van der Waals surface area contributed by atoms with E-state index in [1.807, 2.05) is 31.2 Å². The number of carbonyl (C=O) groups excluding carboxylic acids is 1. The van der Waals surface area contributed by atoms with E-state index in [2.05, 4.69) is 0 Å². The molecule has 0 spiro atoms. The average Bonchev–Trinajstić information content (AvgIpc) is 2.37. The molecule has 0 amide bonds. The van der Waals surface area contributed by atoms with Gasteiger partial charge in [-0.3, -0.25) is 4.79 Å². The largest absolute Gasteiger partial charge is 0.483 e. The second-order valence-electron chi connectivity index (χ2n) is 3.97. The Labute approximate surface area is 103 Å². The van der Waals surface area contributed by atoms with Crippen LogP contribution < -0.4 is 4.74 Å². The van der Waals surface area contributed by atoms with Crippen molar-refractivity contribution in [1.29, 1.82) is 0 Å². The topological polar surface area (TPSA) is 35.5 Å². The fourth-order valence-electron chi connectivity index (χ4n) is 1.51. The molecule has 1 atom stereocenters. The zero-order valence-electron chi connectivity index (χ0n) is 10.7. The van der Waals surface area contributed by atoms with E-state index in [0.29, 0.717) is 13.0 Å². The summed E-state index contributed by atoms with van der Waals surface area (Å²) in [7, 11) is 1.69. The molecule has 0 fully saturated rings. The van der Waals surface area contributed by atoms with Crippen LogP contribution in [0.3, 0.4) is 0 Å². The molecular weight excluding hydrogens is 216 g/mol. The number of hydrogen-bond donors (Lipinski definition) is 0. The maximum Gasteiger partial charge on any atom is 0.172 e. The molecule has 17 heavy (non-hydrogen) atoms. The van der Waals surface area contributed by atoms with E-state index in [1.54, 1.807) is 14.0 Å². The Balaban J connectivity index is 2.53. The highest BCUT2D eigenvalue weighted by molar-refractivity contribution is 5.82. The van der Waals surface area contributed by atoms with Gasteiger partial charge in [0.2, 0.25) is 0 Å². The second-order valence-corrected chi connectivity index (χ2v) is 3.97. The van der Waals surface area contributed by atoms with Crippen LogP contribution in [0.5, 0.6) is 5.75 Å². The molecular formula is C14H20O3. The van der Waals surface area contributed by atoms with Crippen LogP contribution in [0.4, 0.5) is 0 Å². The van der Waals surface area contributed by atoms with Gasteiger partial charge in [-0.2, -0.15) is 0 Å². The lowest BCUT2D eigenvalue weighted by Gasteiger charge is -2.13. The van der Waals surface area contributed by atoms with Gasteiger partial charge in [0.15, 0.2) is 11.9 Å². The van der Waals surface area contributed by atoms with Crippen LogP contribution in [0.25, 0.3) is 0 Å². The van der Waals surface area contributed by atoms with Gasteiger partial charge in [0.25, 0.3) is 0 Å². The zero-order valence-corrected chi connectivity index (χ0v) is 10.7. The third-order valence-corrected chi connectivity index (χ3v) is 2.63. The highest BCUT2D eigenvalue weighted by atomic mass is 16.5. The molecule has 0 N–H and O–H groups in total. The highest BCUT2D eigenvalue weighted by Crippen LogP contribution is 2.15. The molecule has 3 heteroatoms. The molecule has 0 aliphatic rings. The maximum absolute atomic E-state index is 11.4. The predicted octanol–water partition coefficient (Wildman–Crippen LogP) is 2.62. The summed E-state index contributed by atoms with van der Waals surface area (Å²) in [5, 5.41) is 0. The molecule has 1 aromatic rings. The van der Waals surface area contributed by atoms with Gasteiger partial charge in [0.1, 0.15) is 5.75 Å². The fourth-order valence-corrected chi connectivity index (χ4v) is 1.51. The molecule has 0 bridgehead atoms. The monoisotopic (exact) mass is 236 g/mol. The van der Waals surface area contributed by atoms with Crippen molar-refractivity contribution in [2.75, 3.05) is 13.7 Å². The smallest absolute Gasteiger partial charge is 0.172 e. The van der Waals surface area contributed by atoms with E-state index in [1.165, 1.54) is 5.56 Å². The lowest BCUT2D eigenvalue weighted by molar-refractivity contribution is -0.124. The van der Waals surface area contributed by atoms with Gasteiger partial charge < -0.3 is 9.47 Å². The van der Waals surface area contributed by atoms with Crippen LogP contribution in [0.1, 0.15) is 25.8 Å². The van der Waals surface area contributed by atoms with Crippen LogP contribution in [-0.2, 0) is 16.0 Å². The first-order chi connectivity index (χ1) is 8.17. The van der Waals surface area contributed by atoms with E-state index in [-0.39, 0.29) is 11.9 Å². The summed E-state index contributed by atoms with van der Waals surface area (Å²) >= 11 is 0. The van der Waals surface area contributed by atoms with Crippen LogP contribution in [0, 0.1) is 0 Å². The van der Waals surface area contributed by atoms with Crippen LogP contribution in [0.2, 0.25) is 0 Å². The molecule has 0 heterocycles. The summed E-state index contributed by atoms with van der Waals surface area (Å²) < 4.78 is 10.6. The molecule has 0 aliphatic carbocycles. The maximum atomic E-state index is 11.4. The molecule has 1 aromatic carbocycles. The number of methoxy groups -OCH3 is 1. The van der Waals surface area contributed by atoms with Gasteiger partial charge in [0.05, 0.1) is 6.61 Å². The van der Waals surface area contributed by atoms with E-state index < -0.39 is 0 Å². The minimum absolute atomic E-state index is 0.119. The van der Waals surface area contributed by atoms with Crippen molar-refractivity contribution < 1.29 is 14.3 Å². The first-order valence-electron chi connectivity index (χ1n) is 5.94. The van der Waals surface area contributed by atoms with E-state index in [4.69, 9.17) is 9.47 Å². The first-order valence-corrected chi connectivity index (χ1v) is 5.94. The number of ketones is 1. The standard InChI is InChI=1S/C14H20O3/c1-4-14(15)11(2)17-13-7-5-12(6-8-13)9-10-16-3/h5-8,11H,4,9-10H2,1-3H3. The van der Waals surface area contributed by atoms with Gasteiger partial charge in [-0.1, -0.05) is 19.1 Å². The van der Waals surface area contributed by atoms with E-state index in [0.717, 1.165) is 12.2 Å². The van der Waals surface area contributed by atoms with Crippen LogP contribution in [0.15, 0.2) is 24.3 Å². The summed E-state index contributed by atoms with van der Waals surface area (Å²) in [4.78, 5) is 11.4. The lowest BCUT2D eigenvalue weighted by atomic mass is 10.1. The van der Waals surface area contributed by atoms with Gasteiger partial charge in [-0.15, -0.1) is 0 Å². The van der Waals surface area contributed by atoms with Gasteiger partial charge >= 0.3 is 0 Å². The minimum Gasteiger partial charge on any atom is -0.483 e. The zero-order chi connectivity index (χ0) is 12.7. The van der Waals surface area contributed by atoms with Gasteiger partial charge in [0, 0.05) is 13.5 Å². The third-order valence-electron chi connectivity index (χ3n) is 2.63. The van der Waals surface area contributed by atoms with Crippen LogP contribution in [-0.4, -0.2) is 25.6 Å². The number of Topliss-reactive ketones (excluding diaryl/α,β-unsaturated/α-hetero) is 1. The number of ether oxygens (including phenoxy) is 2. The van der Waals surface area contributed by atoms with Gasteiger partial charge in [-0.05, 0) is 31.0 Å². The highest BCUT2D eigenvalue weighted by Gasteiger charge is 2.11. The number of benzene rings is 1. The molecule has 0 saturated carbocycles. The van der Waals surface area contributed by atoms with Crippen molar-refractivity contribution in [2.45, 2.75) is 32.8 Å². The molecule has 3 nitrogen and oxygen atoms in total. The summed E-state index contributed by atoms with van der Waals surface area (Å²) in [5.74, 6) is 0.855. The second kappa shape index (κ2) is 7.07. The number of rotatable bonds is 7. The van der Waals surface area contributed by atoms with E-state index in [9.17, 15) is 4.79 Å².